The molecule has 0 amide bonds. The molecule has 1 N–H and O–H groups in total. The topological polar surface area (TPSA) is 62.7 Å². The summed E-state index contributed by atoms with van der Waals surface area (Å²) >= 11 is 1.25. The molecular formula is C33H34F6N2O3S. The Bertz CT molecular complexity index is 1520. The van der Waals surface area contributed by atoms with Gasteiger partial charge in [-0.05, 0) is 61.9 Å². The molecule has 0 spiro atoms. The fourth-order valence-corrected chi connectivity index (χ4v) is 5.73. The second kappa shape index (κ2) is 13.7. The number of ether oxygens (including phenoxy) is 1. The Morgan fingerprint density at radius 2 is 1.62 bits per heavy atom. The molecule has 1 heterocycles. The molecule has 4 rings (SSSR count). The highest BCUT2D eigenvalue weighted by molar-refractivity contribution is 7.14. The number of anilines is 1. The first kappa shape index (κ1) is 34.1. The normalized spacial score (nSPS) is 15.8. The highest BCUT2D eigenvalue weighted by Crippen LogP contribution is 2.43. The standard InChI is InChI=1S/C33H34F6N2O3S/c1-4-5-21-6-10-23(11-7-21)28-20-45-30(40-28)41(17-16-22-8-14-26(15-9-22)44-31(2,3)29(42)43)19-24-12-13-25(32(34,35)36)18-27(24)33(37,38)39/h6-15,20,25H,4-5,16-19H2,1-3H3,(H,42,43). The van der Waals surface area contributed by atoms with Gasteiger partial charge in [0.15, 0.2) is 10.7 Å². The van der Waals surface area contributed by atoms with Crippen LogP contribution in [-0.4, -0.2) is 47.1 Å². The lowest BCUT2D eigenvalue weighted by Gasteiger charge is -2.29. The van der Waals surface area contributed by atoms with E-state index in [1.807, 2.05) is 29.6 Å². The van der Waals surface area contributed by atoms with E-state index >= 15 is 0 Å². The van der Waals surface area contributed by atoms with Gasteiger partial charge in [-0.25, -0.2) is 9.78 Å². The number of carbonyl (C=O) groups is 1. The molecule has 1 atom stereocenters. The number of hydrogen-bond acceptors (Lipinski definition) is 5. The molecule has 1 aliphatic rings. The van der Waals surface area contributed by atoms with Crippen molar-refractivity contribution in [1.82, 2.24) is 4.98 Å². The Kier molecular flexibility index (Phi) is 10.4. The first-order chi connectivity index (χ1) is 21.1. The number of alkyl halides is 6. The second-order valence-electron chi connectivity index (χ2n) is 11.4. The van der Waals surface area contributed by atoms with Gasteiger partial charge in [0.25, 0.3) is 0 Å². The van der Waals surface area contributed by atoms with E-state index in [0.717, 1.165) is 36.1 Å². The van der Waals surface area contributed by atoms with Crippen molar-refractivity contribution in [2.24, 2.45) is 5.92 Å². The summed E-state index contributed by atoms with van der Waals surface area (Å²) in [6.07, 6.45) is -6.85. The van der Waals surface area contributed by atoms with Crippen molar-refractivity contribution in [3.63, 3.8) is 0 Å². The van der Waals surface area contributed by atoms with Gasteiger partial charge in [0.05, 0.1) is 11.6 Å². The van der Waals surface area contributed by atoms with E-state index in [0.29, 0.717) is 23.0 Å². The lowest BCUT2D eigenvalue weighted by Crippen LogP contribution is -2.37. The summed E-state index contributed by atoms with van der Waals surface area (Å²) < 4.78 is 87.7. The van der Waals surface area contributed by atoms with E-state index in [1.165, 1.54) is 30.7 Å². The molecule has 5 nitrogen and oxygen atoms in total. The van der Waals surface area contributed by atoms with Gasteiger partial charge in [0, 0.05) is 29.6 Å². The van der Waals surface area contributed by atoms with Gasteiger partial charge < -0.3 is 14.7 Å². The summed E-state index contributed by atoms with van der Waals surface area (Å²) in [5.41, 5.74) is 0.593. The Morgan fingerprint density at radius 3 is 2.20 bits per heavy atom. The Balaban J connectivity index is 1.61. The van der Waals surface area contributed by atoms with Crippen LogP contribution in [0.3, 0.4) is 0 Å². The summed E-state index contributed by atoms with van der Waals surface area (Å²) in [4.78, 5) is 17.7. The predicted molar refractivity (Wildman–Crippen MR) is 163 cm³/mol. The van der Waals surface area contributed by atoms with Crippen LogP contribution >= 0.6 is 11.3 Å². The molecule has 242 valence electrons. The summed E-state index contributed by atoms with van der Waals surface area (Å²) in [7, 11) is 0. The minimum atomic E-state index is -4.93. The number of rotatable bonds is 12. The van der Waals surface area contributed by atoms with Crippen molar-refractivity contribution in [3.05, 3.63) is 88.3 Å². The molecule has 12 heteroatoms. The third-order valence-corrected chi connectivity index (χ3v) is 8.40. The maximum atomic E-state index is 14.0. The molecule has 0 saturated carbocycles. The number of hydrogen-bond donors (Lipinski definition) is 1. The summed E-state index contributed by atoms with van der Waals surface area (Å²) in [5, 5.41) is 11.6. The van der Waals surface area contributed by atoms with Crippen molar-refractivity contribution in [2.45, 2.75) is 64.4 Å². The number of aromatic nitrogens is 1. The number of aliphatic carboxylic acids is 1. The lowest BCUT2D eigenvalue weighted by atomic mass is 9.88. The smallest absolute Gasteiger partial charge is 0.413 e. The molecule has 2 aromatic carbocycles. The Hall–Kier alpha value is -3.80. The lowest BCUT2D eigenvalue weighted by molar-refractivity contribution is -0.166. The fraction of sp³-hybridized carbons (Fsp3) is 0.394. The van der Waals surface area contributed by atoms with Crippen molar-refractivity contribution in [1.29, 1.82) is 0 Å². The van der Waals surface area contributed by atoms with E-state index in [9.17, 15) is 36.2 Å². The second-order valence-corrected chi connectivity index (χ2v) is 12.2. The SMILES string of the molecule is CCCc1ccc(-c2csc(N(CCc3ccc(OC(C)(C)C(=O)O)cc3)CC3=C(C(F)(F)F)CC(C(F)(F)F)C=C3)n2)cc1. The van der Waals surface area contributed by atoms with E-state index in [1.54, 1.807) is 29.2 Å². The molecule has 3 aromatic rings. The van der Waals surface area contributed by atoms with Crippen LogP contribution < -0.4 is 9.64 Å². The number of allylic oxidation sites excluding steroid dienone is 2. The van der Waals surface area contributed by atoms with E-state index < -0.39 is 41.8 Å². The molecule has 0 bridgehead atoms. The van der Waals surface area contributed by atoms with Gasteiger partial charge in [0.2, 0.25) is 0 Å². The molecule has 1 aliphatic carbocycles. The van der Waals surface area contributed by atoms with E-state index in [2.05, 4.69) is 6.92 Å². The van der Waals surface area contributed by atoms with E-state index in [4.69, 9.17) is 9.72 Å². The summed E-state index contributed by atoms with van der Waals surface area (Å²) in [6, 6.07) is 14.6. The zero-order chi connectivity index (χ0) is 33.0. The van der Waals surface area contributed by atoms with Crippen molar-refractivity contribution >= 4 is 22.4 Å². The predicted octanol–water partition coefficient (Wildman–Crippen LogP) is 9.05. The fourth-order valence-electron chi connectivity index (χ4n) is 4.87. The number of nitrogens with zero attached hydrogens (tertiary/aromatic N) is 2. The van der Waals surface area contributed by atoms with Crippen LogP contribution in [0.25, 0.3) is 11.3 Å². The molecule has 1 unspecified atom stereocenters. The number of benzene rings is 2. The Labute approximate surface area is 261 Å². The average Bonchev–Trinajstić information content (AvgIpc) is 3.45. The third-order valence-electron chi connectivity index (χ3n) is 7.50. The van der Waals surface area contributed by atoms with Crippen LogP contribution in [0.15, 0.2) is 77.2 Å². The number of carboxylic acid groups (broad SMARTS) is 1. The number of halogens is 6. The zero-order valence-electron chi connectivity index (χ0n) is 25.0. The van der Waals surface area contributed by atoms with Gasteiger partial charge in [-0.2, -0.15) is 26.3 Å². The minimum absolute atomic E-state index is 0.217. The van der Waals surface area contributed by atoms with Gasteiger partial charge in [0.1, 0.15) is 5.75 Å². The van der Waals surface area contributed by atoms with Gasteiger partial charge >= 0.3 is 18.3 Å². The maximum Gasteiger partial charge on any atom is 0.413 e. The van der Waals surface area contributed by atoms with Crippen molar-refractivity contribution < 1.29 is 41.0 Å². The molecule has 45 heavy (non-hydrogen) atoms. The number of thiazole rings is 1. The highest BCUT2D eigenvalue weighted by Gasteiger charge is 2.46. The molecule has 1 aromatic heterocycles. The third kappa shape index (κ3) is 8.90. The van der Waals surface area contributed by atoms with Crippen LogP contribution in [0, 0.1) is 5.92 Å². The van der Waals surface area contributed by atoms with Crippen LogP contribution in [0.2, 0.25) is 0 Å². The van der Waals surface area contributed by atoms with Crippen molar-refractivity contribution in [2.75, 3.05) is 18.0 Å². The number of carboxylic acids is 1. The number of aryl methyl sites for hydroxylation is 1. The summed E-state index contributed by atoms with van der Waals surface area (Å²) in [6.45, 7) is 4.86. The molecule has 0 fully saturated rings. The highest BCUT2D eigenvalue weighted by atomic mass is 32.1. The quantitative estimate of drug-likeness (QED) is 0.198. The first-order valence-electron chi connectivity index (χ1n) is 14.4. The van der Waals surface area contributed by atoms with Crippen LogP contribution in [0.5, 0.6) is 5.75 Å². The maximum absolute atomic E-state index is 14.0. The largest absolute Gasteiger partial charge is 0.478 e. The monoisotopic (exact) mass is 652 g/mol. The minimum Gasteiger partial charge on any atom is -0.478 e. The van der Waals surface area contributed by atoms with Crippen LogP contribution in [-0.2, 0) is 17.6 Å². The molecule has 0 saturated heterocycles. The van der Waals surface area contributed by atoms with E-state index in [-0.39, 0.29) is 18.7 Å². The van der Waals surface area contributed by atoms with Crippen molar-refractivity contribution in [3.8, 4) is 17.0 Å². The zero-order valence-corrected chi connectivity index (χ0v) is 25.8. The summed E-state index contributed by atoms with van der Waals surface area (Å²) in [5.74, 6) is -3.00. The first-order valence-corrected chi connectivity index (χ1v) is 15.3. The van der Waals surface area contributed by atoms with Crippen LogP contribution in [0.4, 0.5) is 31.5 Å². The Morgan fingerprint density at radius 1 is 1.00 bits per heavy atom. The van der Waals surface area contributed by atoms with Gasteiger partial charge in [-0.15, -0.1) is 11.3 Å². The molecular weight excluding hydrogens is 618 g/mol. The van der Waals surface area contributed by atoms with Gasteiger partial charge in [-0.3, -0.25) is 0 Å². The molecule has 0 aliphatic heterocycles. The molecule has 0 radical (unpaired) electrons. The van der Waals surface area contributed by atoms with Crippen LogP contribution in [0.1, 0.15) is 44.7 Å². The average molecular weight is 653 g/mol. The van der Waals surface area contributed by atoms with Gasteiger partial charge in [-0.1, -0.05) is 61.9 Å².